The maximum Gasteiger partial charge on any atom is 0.261 e. The number of halogens is 2. The number of carbonyl (C=O) groups is 1. The number of rotatable bonds is 4. The van der Waals surface area contributed by atoms with Gasteiger partial charge >= 0.3 is 0 Å². The van der Waals surface area contributed by atoms with Crippen molar-refractivity contribution in [3.8, 4) is 0 Å². The fourth-order valence-corrected chi connectivity index (χ4v) is 2.99. The Morgan fingerprint density at radius 1 is 1.28 bits per heavy atom. The monoisotopic (exact) mass is 419 g/mol. The third-order valence-electron chi connectivity index (χ3n) is 3.84. The number of carbonyl (C=O) groups excluding carboxylic acids is 1. The van der Waals surface area contributed by atoms with Crippen molar-refractivity contribution in [2.75, 3.05) is 5.32 Å². The van der Waals surface area contributed by atoms with Crippen LogP contribution in [0, 0.1) is 6.92 Å². The van der Waals surface area contributed by atoms with Crippen LogP contribution in [0.1, 0.15) is 12.0 Å². The number of nitrogens with zero attached hydrogens (tertiary/aromatic N) is 2. The molecule has 1 heterocycles. The zero-order valence-electron chi connectivity index (χ0n) is 13.4. The first kappa shape index (κ1) is 17.6. The Morgan fingerprint density at radius 3 is 2.88 bits per heavy atom. The van der Waals surface area contributed by atoms with Gasteiger partial charge in [-0.3, -0.25) is 14.2 Å². The highest BCUT2D eigenvalue weighted by Gasteiger charge is 2.09. The van der Waals surface area contributed by atoms with Crippen LogP contribution in [0.2, 0.25) is 5.02 Å². The van der Waals surface area contributed by atoms with Crippen molar-refractivity contribution >= 4 is 50.0 Å². The maximum atomic E-state index is 12.5. The van der Waals surface area contributed by atoms with E-state index in [4.69, 9.17) is 11.6 Å². The highest BCUT2D eigenvalue weighted by molar-refractivity contribution is 9.10. The number of aromatic nitrogens is 2. The number of hydrogen-bond donors (Lipinski definition) is 1. The Hall–Kier alpha value is -2.18. The summed E-state index contributed by atoms with van der Waals surface area (Å²) in [7, 11) is 0. The van der Waals surface area contributed by atoms with Crippen molar-refractivity contribution in [3.63, 3.8) is 0 Å². The van der Waals surface area contributed by atoms with Crippen LogP contribution in [0.15, 0.2) is 52.0 Å². The predicted octanol–water partition coefficient (Wildman–Crippen LogP) is 4.15. The molecule has 128 valence electrons. The van der Waals surface area contributed by atoms with Crippen molar-refractivity contribution in [2.24, 2.45) is 0 Å². The van der Waals surface area contributed by atoms with Gasteiger partial charge < -0.3 is 5.32 Å². The maximum absolute atomic E-state index is 12.5. The largest absolute Gasteiger partial charge is 0.326 e. The second-order valence-electron chi connectivity index (χ2n) is 5.66. The molecular weight excluding hydrogens is 406 g/mol. The Kier molecular flexibility index (Phi) is 5.20. The fourth-order valence-electron chi connectivity index (χ4n) is 2.45. The SMILES string of the molecule is Cc1ccc(Cl)cc1NC(=O)CCn1cnc2ccc(Br)cc2c1=O. The topological polar surface area (TPSA) is 64.0 Å². The molecule has 0 radical (unpaired) electrons. The third-order valence-corrected chi connectivity index (χ3v) is 4.57. The van der Waals surface area contributed by atoms with E-state index in [1.165, 1.54) is 10.9 Å². The van der Waals surface area contributed by atoms with Crippen LogP contribution in [0.3, 0.4) is 0 Å². The summed E-state index contributed by atoms with van der Waals surface area (Å²) in [5.41, 5.74) is 2.05. The zero-order valence-corrected chi connectivity index (χ0v) is 15.8. The summed E-state index contributed by atoms with van der Waals surface area (Å²) in [5.74, 6) is -0.188. The zero-order chi connectivity index (χ0) is 18.0. The first-order chi connectivity index (χ1) is 11.9. The lowest BCUT2D eigenvalue weighted by Crippen LogP contribution is -2.23. The molecule has 0 saturated carbocycles. The molecule has 0 fully saturated rings. The van der Waals surface area contributed by atoms with Gasteiger partial charge in [0.1, 0.15) is 0 Å². The Morgan fingerprint density at radius 2 is 2.08 bits per heavy atom. The van der Waals surface area contributed by atoms with Crippen molar-refractivity contribution < 1.29 is 4.79 Å². The van der Waals surface area contributed by atoms with E-state index >= 15 is 0 Å². The van der Waals surface area contributed by atoms with Crippen molar-refractivity contribution in [1.29, 1.82) is 0 Å². The van der Waals surface area contributed by atoms with Crippen LogP contribution in [0.4, 0.5) is 5.69 Å². The van der Waals surface area contributed by atoms with E-state index < -0.39 is 0 Å². The Bertz CT molecular complexity index is 1020. The summed E-state index contributed by atoms with van der Waals surface area (Å²) in [4.78, 5) is 28.9. The Labute approximate surface area is 157 Å². The number of aryl methyl sites for hydroxylation is 2. The van der Waals surface area contributed by atoms with Crippen molar-refractivity contribution in [2.45, 2.75) is 19.9 Å². The fraction of sp³-hybridized carbons (Fsp3) is 0.167. The van der Waals surface area contributed by atoms with E-state index in [9.17, 15) is 9.59 Å². The van der Waals surface area contributed by atoms with Crippen LogP contribution >= 0.6 is 27.5 Å². The quantitative estimate of drug-likeness (QED) is 0.689. The lowest BCUT2D eigenvalue weighted by atomic mass is 10.2. The number of nitrogens with one attached hydrogen (secondary N) is 1. The van der Waals surface area contributed by atoms with Gasteiger partial charge in [-0.05, 0) is 42.8 Å². The standard InChI is InChI=1S/C18H15BrClN3O2/c1-11-2-4-13(20)9-16(11)22-17(24)6-7-23-10-21-15-5-3-12(19)8-14(15)18(23)25/h2-5,8-10H,6-7H2,1H3,(H,22,24). The minimum absolute atomic E-state index is 0.160. The molecule has 2 aromatic carbocycles. The second-order valence-corrected chi connectivity index (χ2v) is 7.01. The number of hydrogen-bond acceptors (Lipinski definition) is 3. The molecule has 5 nitrogen and oxygen atoms in total. The number of anilines is 1. The molecule has 0 unspecified atom stereocenters. The van der Waals surface area contributed by atoms with E-state index in [1.54, 1.807) is 24.3 Å². The molecule has 7 heteroatoms. The summed E-state index contributed by atoms with van der Waals surface area (Å²) in [5, 5.41) is 3.89. The first-order valence-corrected chi connectivity index (χ1v) is 8.82. The van der Waals surface area contributed by atoms with Gasteiger partial charge in [-0.1, -0.05) is 33.6 Å². The molecule has 0 saturated heterocycles. The van der Waals surface area contributed by atoms with E-state index in [0.29, 0.717) is 21.6 Å². The molecule has 3 rings (SSSR count). The molecule has 25 heavy (non-hydrogen) atoms. The lowest BCUT2D eigenvalue weighted by Gasteiger charge is -2.10. The minimum Gasteiger partial charge on any atom is -0.326 e. The molecular formula is C18H15BrClN3O2. The highest BCUT2D eigenvalue weighted by atomic mass is 79.9. The third kappa shape index (κ3) is 4.08. The van der Waals surface area contributed by atoms with Crippen LogP contribution in [-0.4, -0.2) is 15.5 Å². The number of benzene rings is 2. The van der Waals surface area contributed by atoms with Gasteiger partial charge in [-0.2, -0.15) is 0 Å². The molecule has 3 aromatic rings. The molecule has 0 atom stereocenters. The van der Waals surface area contributed by atoms with Crippen LogP contribution < -0.4 is 10.9 Å². The Balaban J connectivity index is 1.74. The van der Waals surface area contributed by atoms with E-state index in [2.05, 4.69) is 26.2 Å². The number of amides is 1. The van der Waals surface area contributed by atoms with Crippen LogP contribution in [-0.2, 0) is 11.3 Å². The smallest absolute Gasteiger partial charge is 0.261 e. The number of fused-ring (bicyclic) bond motifs is 1. The average molecular weight is 421 g/mol. The van der Waals surface area contributed by atoms with Gasteiger partial charge in [-0.15, -0.1) is 0 Å². The van der Waals surface area contributed by atoms with Gasteiger partial charge in [0.25, 0.3) is 5.56 Å². The summed E-state index contributed by atoms with van der Waals surface area (Å²) in [6.45, 7) is 2.14. The second kappa shape index (κ2) is 7.37. The summed E-state index contributed by atoms with van der Waals surface area (Å²) in [6.07, 6.45) is 1.63. The van der Waals surface area contributed by atoms with E-state index in [0.717, 1.165) is 10.0 Å². The van der Waals surface area contributed by atoms with Gasteiger partial charge in [0.2, 0.25) is 5.91 Å². The van der Waals surface area contributed by atoms with E-state index in [-0.39, 0.29) is 24.4 Å². The normalized spacial score (nSPS) is 10.8. The van der Waals surface area contributed by atoms with Gasteiger partial charge in [0.05, 0.1) is 17.2 Å². The van der Waals surface area contributed by atoms with Crippen LogP contribution in [0.25, 0.3) is 10.9 Å². The van der Waals surface area contributed by atoms with Gasteiger partial charge in [0.15, 0.2) is 0 Å². The molecule has 0 aliphatic rings. The average Bonchev–Trinajstić information content (AvgIpc) is 2.58. The molecule has 0 bridgehead atoms. The summed E-state index contributed by atoms with van der Waals surface area (Å²) >= 11 is 9.31. The first-order valence-electron chi connectivity index (χ1n) is 7.65. The molecule has 0 aliphatic heterocycles. The molecule has 1 amide bonds. The van der Waals surface area contributed by atoms with E-state index in [1.807, 2.05) is 19.1 Å². The minimum atomic E-state index is -0.188. The lowest BCUT2D eigenvalue weighted by molar-refractivity contribution is -0.116. The van der Waals surface area contributed by atoms with Crippen molar-refractivity contribution in [3.05, 3.63) is 68.1 Å². The van der Waals surface area contributed by atoms with Crippen molar-refractivity contribution in [1.82, 2.24) is 9.55 Å². The van der Waals surface area contributed by atoms with Gasteiger partial charge in [-0.25, -0.2) is 4.98 Å². The molecule has 0 aliphatic carbocycles. The molecule has 1 aromatic heterocycles. The summed E-state index contributed by atoms with van der Waals surface area (Å²) in [6, 6.07) is 10.7. The molecule has 1 N–H and O–H groups in total. The van der Waals surface area contributed by atoms with Crippen LogP contribution in [0.5, 0.6) is 0 Å². The molecule has 0 spiro atoms. The van der Waals surface area contributed by atoms with Gasteiger partial charge in [0, 0.05) is 28.1 Å². The predicted molar refractivity (Wildman–Crippen MR) is 103 cm³/mol. The summed E-state index contributed by atoms with van der Waals surface area (Å²) < 4.78 is 2.25. The highest BCUT2D eigenvalue weighted by Crippen LogP contribution is 2.20.